The molecule has 0 amide bonds. The highest BCUT2D eigenvalue weighted by atomic mass is 16.5. The summed E-state index contributed by atoms with van der Waals surface area (Å²) in [6.07, 6.45) is 0. The first-order chi connectivity index (χ1) is 12.1. The number of hydrogen-bond acceptors (Lipinski definition) is 3. The topological polar surface area (TPSA) is 43.4 Å². The third-order valence-electron chi connectivity index (χ3n) is 3.88. The molecule has 3 nitrogen and oxygen atoms in total. The van der Waals surface area contributed by atoms with E-state index < -0.39 is 5.97 Å². The van der Waals surface area contributed by atoms with Crippen molar-refractivity contribution in [3.05, 3.63) is 107 Å². The maximum atomic E-state index is 12.7. The summed E-state index contributed by atoms with van der Waals surface area (Å²) in [6, 6.07) is 23.4. The molecule has 0 heterocycles. The Morgan fingerprint density at radius 3 is 2.20 bits per heavy atom. The average Bonchev–Trinajstić information content (AvgIpc) is 2.66. The van der Waals surface area contributed by atoms with Gasteiger partial charge < -0.3 is 4.74 Å². The number of ether oxygens (including phenoxy) is 1. The van der Waals surface area contributed by atoms with Crippen molar-refractivity contribution in [2.24, 2.45) is 0 Å². The van der Waals surface area contributed by atoms with E-state index in [4.69, 9.17) is 4.74 Å². The molecule has 0 saturated carbocycles. The molecule has 3 heteroatoms. The quantitative estimate of drug-likeness (QED) is 0.508. The van der Waals surface area contributed by atoms with Crippen molar-refractivity contribution in [1.82, 2.24) is 0 Å². The van der Waals surface area contributed by atoms with Crippen LogP contribution in [-0.2, 0) is 11.3 Å². The molecule has 0 atom stereocenters. The first kappa shape index (κ1) is 16.7. The van der Waals surface area contributed by atoms with Gasteiger partial charge in [0.2, 0.25) is 0 Å². The summed E-state index contributed by atoms with van der Waals surface area (Å²) >= 11 is 0. The number of esters is 1. The summed E-state index contributed by atoms with van der Waals surface area (Å²) in [4.78, 5) is 25.2. The van der Waals surface area contributed by atoms with Gasteiger partial charge in [-0.15, -0.1) is 0 Å². The van der Waals surface area contributed by atoms with Gasteiger partial charge in [0, 0.05) is 11.1 Å². The number of benzene rings is 3. The van der Waals surface area contributed by atoms with Crippen molar-refractivity contribution in [3.8, 4) is 0 Å². The third kappa shape index (κ3) is 4.01. The maximum absolute atomic E-state index is 12.7. The van der Waals surface area contributed by atoms with E-state index in [0.29, 0.717) is 11.1 Å². The number of hydrogen-bond donors (Lipinski definition) is 0. The lowest BCUT2D eigenvalue weighted by Gasteiger charge is -2.09. The van der Waals surface area contributed by atoms with Crippen LogP contribution in [0.25, 0.3) is 0 Å². The molecular weight excluding hydrogens is 312 g/mol. The van der Waals surface area contributed by atoms with Gasteiger partial charge in [0.25, 0.3) is 0 Å². The summed E-state index contributed by atoms with van der Waals surface area (Å²) in [7, 11) is 0. The predicted molar refractivity (Wildman–Crippen MR) is 96.6 cm³/mol. The lowest BCUT2D eigenvalue weighted by Crippen LogP contribution is -2.12. The van der Waals surface area contributed by atoms with Crippen LogP contribution in [0, 0.1) is 6.92 Å². The van der Waals surface area contributed by atoms with Gasteiger partial charge in [-0.3, -0.25) is 4.79 Å². The van der Waals surface area contributed by atoms with Crippen LogP contribution in [-0.4, -0.2) is 11.8 Å². The van der Waals surface area contributed by atoms with Crippen LogP contribution >= 0.6 is 0 Å². The molecule has 0 aliphatic rings. The van der Waals surface area contributed by atoms with Gasteiger partial charge >= 0.3 is 5.97 Å². The molecule has 3 aromatic rings. The highest BCUT2D eigenvalue weighted by Crippen LogP contribution is 2.17. The number of ketones is 1. The largest absolute Gasteiger partial charge is 0.457 e. The van der Waals surface area contributed by atoms with Crippen molar-refractivity contribution >= 4 is 11.8 Å². The second-order valence-corrected chi connectivity index (χ2v) is 5.81. The van der Waals surface area contributed by atoms with E-state index in [1.54, 1.807) is 48.5 Å². The van der Waals surface area contributed by atoms with Crippen molar-refractivity contribution in [2.75, 3.05) is 0 Å². The first-order valence-corrected chi connectivity index (χ1v) is 8.06. The Morgan fingerprint density at radius 1 is 0.800 bits per heavy atom. The zero-order valence-electron chi connectivity index (χ0n) is 13.9. The normalized spacial score (nSPS) is 10.3. The average molecular weight is 330 g/mol. The molecule has 0 saturated heterocycles. The third-order valence-corrected chi connectivity index (χ3v) is 3.88. The van der Waals surface area contributed by atoms with E-state index in [9.17, 15) is 9.59 Å². The molecule has 0 aliphatic carbocycles. The minimum absolute atomic E-state index is 0.175. The summed E-state index contributed by atoms with van der Waals surface area (Å²) in [6.45, 7) is 2.16. The number of aryl methyl sites for hydroxylation is 1. The fraction of sp³-hybridized carbons (Fsp3) is 0.0909. The Bertz CT molecular complexity index is 898. The van der Waals surface area contributed by atoms with Crippen LogP contribution in [0.4, 0.5) is 0 Å². The maximum Gasteiger partial charge on any atom is 0.339 e. The summed E-state index contributed by atoms with van der Waals surface area (Å²) < 4.78 is 5.40. The summed E-state index contributed by atoms with van der Waals surface area (Å²) in [5.41, 5.74) is 3.20. The molecule has 3 aromatic carbocycles. The lowest BCUT2D eigenvalue weighted by atomic mass is 9.98. The van der Waals surface area contributed by atoms with E-state index in [1.807, 2.05) is 37.3 Å². The monoisotopic (exact) mass is 330 g/mol. The van der Waals surface area contributed by atoms with Gasteiger partial charge in [-0.1, -0.05) is 78.4 Å². The molecule has 0 fully saturated rings. The fourth-order valence-electron chi connectivity index (χ4n) is 2.63. The molecule has 0 aromatic heterocycles. The van der Waals surface area contributed by atoms with Crippen LogP contribution < -0.4 is 0 Å². The Labute approximate surface area is 146 Å². The summed E-state index contributed by atoms with van der Waals surface area (Å²) in [5.74, 6) is -0.690. The first-order valence-electron chi connectivity index (χ1n) is 8.06. The number of carbonyl (C=O) groups is 2. The lowest BCUT2D eigenvalue weighted by molar-refractivity contribution is 0.0470. The Balaban J connectivity index is 1.80. The zero-order chi connectivity index (χ0) is 17.6. The van der Waals surface area contributed by atoms with Crippen molar-refractivity contribution in [2.45, 2.75) is 13.5 Å². The minimum Gasteiger partial charge on any atom is -0.457 e. The Kier molecular flexibility index (Phi) is 5.05. The highest BCUT2D eigenvalue weighted by Gasteiger charge is 2.18. The molecule has 0 N–H and O–H groups in total. The molecule has 3 rings (SSSR count). The minimum atomic E-state index is -0.499. The van der Waals surface area contributed by atoms with Gasteiger partial charge in [0.1, 0.15) is 6.61 Å². The van der Waals surface area contributed by atoms with E-state index in [0.717, 1.165) is 11.1 Å². The van der Waals surface area contributed by atoms with Gasteiger partial charge in [-0.05, 0) is 18.6 Å². The van der Waals surface area contributed by atoms with Gasteiger partial charge in [0.15, 0.2) is 5.78 Å². The highest BCUT2D eigenvalue weighted by molar-refractivity contribution is 6.14. The van der Waals surface area contributed by atoms with Gasteiger partial charge in [0.05, 0.1) is 5.56 Å². The second kappa shape index (κ2) is 7.58. The van der Waals surface area contributed by atoms with Crippen molar-refractivity contribution in [3.63, 3.8) is 0 Å². The van der Waals surface area contributed by atoms with Crippen LogP contribution in [0.1, 0.15) is 37.4 Å². The van der Waals surface area contributed by atoms with Crippen molar-refractivity contribution < 1.29 is 14.3 Å². The van der Waals surface area contributed by atoms with Crippen LogP contribution in [0.2, 0.25) is 0 Å². The van der Waals surface area contributed by atoms with E-state index in [2.05, 4.69) is 0 Å². The standard InChI is InChI=1S/C22H18O3/c1-16-8-7-9-17(14-16)15-25-22(24)20-13-6-5-12-19(20)21(23)18-10-3-2-4-11-18/h2-14H,15H2,1H3. The van der Waals surface area contributed by atoms with Crippen LogP contribution in [0.3, 0.4) is 0 Å². The van der Waals surface area contributed by atoms with Crippen molar-refractivity contribution in [1.29, 1.82) is 0 Å². The Morgan fingerprint density at radius 2 is 1.48 bits per heavy atom. The molecule has 0 radical (unpaired) electrons. The Hall–Kier alpha value is -3.20. The molecule has 0 bridgehead atoms. The second-order valence-electron chi connectivity index (χ2n) is 5.81. The molecule has 0 aliphatic heterocycles. The van der Waals surface area contributed by atoms with E-state index in [-0.39, 0.29) is 18.0 Å². The smallest absolute Gasteiger partial charge is 0.339 e. The molecular formula is C22H18O3. The zero-order valence-corrected chi connectivity index (χ0v) is 13.9. The van der Waals surface area contributed by atoms with Gasteiger partial charge in [-0.25, -0.2) is 4.79 Å². The molecule has 0 unspecified atom stereocenters. The fourth-order valence-corrected chi connectivity index (χ4v) is 2.63. The number of rotatable bonds is 5. The molecule has 25 heavy (non-hydrogen) atoms. The van der Waals surface area contributed by atoms with E-state index in [1.165, 1.54) is 0 Å². The van der Waals surface area contributed by atoms with E-state index >= 15 is 0 Å². The predicted octanol–water partition coefficient (Wildman–Crippen LogP) is 4.58. The summed E-state index contributed by atoms with van der Waals surface area (Å²) in [5, 5.41) is 0. The SMILES string of the molecule is Cc1cccc(COC(=O)c2ccccc2C(=O)c2ccccc2)c1. The van der Waals surface area contributed by atoms with Crippen LogP contribution in [0.15, 0.2) is 78.9 Å². The molecule has 124 valence electrons. The molecule has 0 spiro atoms. The number of carbonyl (C=O) groups excluding carboxylic acids is 2. The van der Waals surface area contributed by atoms with Crippen LogP contribution in [0.5, 0.6) is 0 Å². The van der Waals surface area contributed by atoms with Gasteiger partial charge in [-0.2, -0.15) is 0 Å².